The Bertz CT molecular complexity index is 836. The lowest BCUT2D eigenvalue weighted by molar-refractivity contribution is -0.133. The highest BCUT2D eigenvalue weighted by molar-refractivity contribution is 5.95. The molecule has 140 valence electrons. The van der Waals surface area contributed by atoms with Crippen molar-refractivity contribution in [3.63, 3.8) is 0 Å². The van der Waals surface area contributed by atoms with Gasteiger partial charge < -0.3 is 9.80 Å². The molecular weight excluding hydrogens is 338 g/mol. The number of carbonyl (C=O) groups is 2. The van der Waals surface area contributed by atoms with Gasteiger partial charge >= 0.3 is 0 Å². The van der Waals surface area contributed by atoms with Gasteiger partial charge in [-0.3, -0.25) is 14.6 Å². The van der Waals surface area contributed by atoms with Crippen LogP contribution in [0.15, 0.2) is 48.8 Å². The molecule has 0 spiro atoms. The third kappa shape index (κ3) is 3.59. The van der Waals surface area contributed by atoms with Gasteiger partial charge in [0, 0.05) is 38.4 Å². The monoisotopic (exact) mass is 363 g/mol. The van der Waals surface area contributed by atoms with Crippen LogP contribution in [0.4, 0.5) is 0 Å². The van der Waals surface area contributed by atoms with E-state index in [0.717, 1.165) is 30.5 Å². The van der Waals surface area contributed by atoms with Gasteiger partial charge in [-0.05, 0) is 42.9 Å². The zero-order valence-electron chi connectivity index (χ0n) is 15.7. The summed E-state index contributed by atoms with van der Waals surface area (Å²) in [5, 5.41) is 0. The van der Waals surface area contributed by atoms with Crippen molar-refractivity contribution >= 4 is 11.8 Å². The van der Waals surface area contributed by atoms with Crippen LogP contribution < -0.4 is 0 Å². The Balaban J connectivity index is 1.56. The molecule has 2 aromatic rings. The standard InChI is InChI=1S/C22H25N3O2/c1-16-10-11-23-12-19(16)22(27)24-14-18-8-5-9-21(26)25(20(18)15-24)13-17-6-3-2-4-7-17/h2-4,6-7,10-12,18,20H,5,8-9,13-15H2,1H3/t18-,20+/m1/s1. The quantitative estimate of drug-likeness (QED) is 0.842. The minimum atomic E-state index is 0.0285. The fraction of sp³-hybridized carbons (Fsp3) is 0.409. The molecule has 0 N–H and O–H groups in total. The summed E-state index contributed by atoms with van der Waals surface area (Å²) < 4.78 is 0. The number of aryl methyl sites for hydroxylation is 1. The second kappa shape index (κ2) is 7.51. The molecule has 0 radical (unpaired) electrons. The number of carbonyl (C=O) groups excluding carboxylic acids is 2. The van der Waals surface area contributed by atoms with Crippen LogP contribution in [0.3, 0.4) is 0 Å². The maximum atomic E-state index is 13.0. The van der Waals surface area contributed by atoms with Crippen molar-refractivity contribution in [1.29, 1.82) is 0 Å². The molecular formula is C22H25N3O2. The second-order valence-corrected chi connectivity index (χ2v) is 7.63. The fourth-order valence-electron chi connectivity index (χ4n) is 4.34. The lowest BCUT2D eigenvalue weighted by Gasteiger charge is -2.30. The Morgan fingerprint density at radius 1 is 1.19 bits per heavy atom. The molecule has 3 heterocycles. The van der Waals surface area contributed by atoms with Crippen LogP contribution in [0.2, 0.25) is 0 Å². The molecule has 5 heteroatoms. The maximum Gasteiger partial charge on any atom is 0.255 e. The van der Waals surface area contributed by atoms with E-state index >= 15 is 0 Å². The van der Waals surface area contributed by atoms with Crippen LogP contribution in [-0.2, 0) is 11.3 Å². The summed E-state index contributed by atoms with van der Waals surface area (Å²) in [4.78, 5) is 33.8. The topological polar surface area (TPSA) is 53.5 Å². The Hall–Kier alpha value is -2.69. The molecule has 2 amide bonds. The van der Waals surface area contributed by atoms with Crippen molar-refractivity contribution in [2.75, 3.05) is 13.1 Å². The van der Waals surface area contributed by atoms with E-state index in [-0.39, 0.29) is 17.9 Å². The predicted octanol–water partition coefficient (Wildman–Crippen LogP) is 3.04. The first-order chi connectivity index (χ1) is 13.1. The Kier molecular flexibility index (Phi) is 4.92. The molecule has 2 aliphatic heterocycles. The summed E-state index contributed by atoms with van der Waals surface area (Å²) in [6.45, 7) is 3.88. The molecule has 1 aromatic heterocycles. The molecule has 1 aromatic carbocycles. The van der Waals surface area contributed by atoms with E-state index in [2.05, 4.69) is 17.1 Å². The number of fused-ring (bicyclic) bond motifs is 1. The van der Waals surface area contributed by atoms with Gasteiger partial charge in [0.1, 0.15) is 0 Å². The third-order valence-electron chi connectivity index (χ3n) is 5.85. The highest BCUT2D eigenvalue weighted by Gasteiger charge is 2.42. The molecule has 5 nitrogen and oxygen atoms in total. The molecule has 0 saturated carbocycles. The van der Waals surface area contributed by atoms with Crippen LogP contribution in [0, 0.1) is 12.8 Å². The summed E-state index contributed by atoms with van der Waals surface area (Å²) in [7, 11) is 0. The number of aromatic nitrogens is 1. The van der Waals surface area contributed by atoms with Gasteiger partial charge in [0.2, 0.25) is 5.91 Å². The first-order valence-electron chi connectivity index (χ1n) is 9.67. The van der Waals surface area contributed by atoms with Gasteiger partial charge in [-0.2, -0.15) is 0 Å². The normalized spacial score (nSPS) is 22.5. The van der Waals surface area contributed by atoms with Gasteiger partial charge in [0.05, 0.1) is 11.6 Å². The highest BCUT2D eigenvalue weighted by atomic mass is 16.2. The molecule has 4 rings (SSSR count). The van der Waals surface area contributed by atoms with Gasteiger partial charge in [-0.15, -0.1) is 0 Å². The summed E-state index contributed by atoms with van der Waals surface area (Å²) in [5.41, 5.74) is 2.74. The molecule has 2 aliphatic rings. The van der Waals surface area contributed by atoms with E-state index in [1.54, 1.807) is 12.4 Å². The SMILES string of the molecule is Cc1ccncc1C(=O)N1C[C@H]2CCCC(=O)N(Cc3ccccc3)[C@H]2C1. The predicted molar refractivity (Wildman–Crippen MR) is 103 cm³/mol. The number of rotatable bonds is 3. The summed E-state index contributed by atoms with van der Waals surface area (Å²) >= 11 is 0. The molecule has 0 aliphatic carbocycles. The molecule has 0 unspecified atom stereocenters. The summed E-state index contributed by atoms with van der Waals surface area (Å²) in [5.74, 6) is 0.583. The van der Waals surface area contributed by atoms with Crippen LogP contribution >= 0.6 is 0 Å². The second-order valence-electron chi connectivity index (χ2n) is 7.63. The minimum Gasteiger partial charge on any atom is -0.336 e. The van der Waals surface area contributed by atoms with Crippen molar-refractivity contribution in [3.8, 4) is 0 Å². The Labute approximate surface area is 160 Å². The van der Waals surface area contributed by atoms with Crippen molar-refractivity contribution in [2.45, 2.75) is 38.8 Å². The van der Waals surface area contributed by atoms with Gasteiger partial charge in [-0.25, -0.2) is 0 Å². The van der Waals surface area contributed by atoms with Gasteiger partial charge in [0.25, 0.3) is 5.91 Å². The van der Waals surface area contributed by atoms with Gasteiger partial charge in [0.15, 0.2) is 0 Å². The molecule has 2 atom stereocenters. The van der Waals surface area contributed by atoms with E-state index in [9.17, 15) is 9.59 Å². The van der Waals surface area contributed by atoms with Crippen molar-refractivity contribution < 1.29 is 9.59 Å². The van der Waals surface area contributed by atoms with Crippen LogP contribution in [0.5, 0.6) is 0 Å². The van der Waals surface area contributed by atoms with Crippen molar-refractivity contribution in [1.82, 2.24) is 14.8 Å². The minimum absolute atomic E-state index is 0.0285. The van der Waals surface area contributed by atoms with Crippen molar-refractivity contribution in [2.24, 2.45) is 5.92 Å². The zero-order chi connectivity index (χ0) is 18.8. The maximum absolute atomic E-state index is 13.0. The summed E-state index contributed by atoms with van der Waals surface area (Å²) in [6.07, 6.45) is 5.87. The molecule has 2 fully saturated rings. The molecule has 0 bridgehead atoms. The van der Waals surface area contributed by atoms with Crippen molar-refractivity contribution in [3.05, 3.63) is 65.5 Å². The fourth-order valence-corrected chi connectivity index (χ4v) is 4.34. The first kappa shape index (κ1) is 17.7. The molecule has 2 saturated heterocycles. The van der Waals surface area contributed by atoms with Crippen LogP contribution in [0.25, 0.3) is 0 Å². The zero-order valence-corrected chi connectivity index (χ0v) is 15.7. The Morgan fingerprint density at radius 2 is 2.00 bits per heavy atom. The smallest absolute Gasteiger partial charge is 0.255 e. The largest absolute Gasteiger partial charge is 0.336 e. The number of hydrogen-bond donors (Lipinski definition) is 0. The highest BCUT2D eigenvalue weighted by Crippen LogP contribution is 2.32. The van der Waals surface area contributed by atoms with E-state index in [1.807, 2.05) is 41.0 Å². The number of likely N-dealkylation sites (tertiary alicyclic amines) is 2. The van der Waals surface area contributed by atoms with E-state index in [0.29, 0.717) is 31.0 Å². The lowest BCUT2D eigenvalue weighted by atomic mass is 9.98. The first-order valence-corrected chi connectivity index (χ1v) is 9.67. The van der Waals surface area contributed by atoms with E-state index in [4.69, 9.17) is 0 Å². The Morgan fingerprint density at radius 3 is 2.78 bits per heavy atom. The van der Waals surface area contributed by atoms with E-state index in [1.165, 1.54) is 0 Å². The lowest BCUT2D eigenvalue weighted by Crippen LogP contribution is -2.43. The molecule has 27 heavy (non-hydrogen) atoms. The van der Waals surface area contributed by atoms with Crippen LogP contribution in [-0.4, -0.2) is 45.7 Å². The number of amides is 2. The summed E-state index contributed by atoms with van der Waals surface area (Å²) in [6, 6.07) is 12.1. The van der Waals surface area contributed by atoms with Gasteiger partial charge in [-0.1, -0.05) is 30.3 Å². The average molecular weight is 363 g/mol. The van der Waals surface area contributed by atoms with E-state index < -0.39 is 0 Å². The number of pyridine rings is 1. The number of nitrogens with zero attached hydrogens (tertiary/aromatic N) is 3. The number of hydrogen-bond acceptors (Lipinski definition) is 3. The number of benzene rings is 1. The average Bonchev–Trinajstić information content (AvgIpc) is 3.04. The third-order valence-corrected chi connectivity index (χ3v) is 5.85. The van der Waals surface area contributed by atoms with Crippen LogP contribution in [0.1, 0.15) is 40.7 Å².